The summed E-state index contributed by atoms with van der Waals surface area (Å²) < 4.78 is 7.07. The standard InChI is InChI=1S/C21H22N4O2S/c1-3-14-24-19(15-27-2)22-23-21(24)28-16-20(26)25(17-10-6-4-7-11-17)18-12-8-5-9-13-18/h3-13H,1,14-16H2,2H3. The third kappa shape index (κ3) is 4.68. The fraction of sp³-hybridized carbons (Fsp3) is 0.190. The van der Waals surface area contributed by atoms with Crippen molar-refractivity contribution in [3.63, 3.8) is 0 Å². The number of thioether (sulfide) groups is 1. The second-order valence-corrected chi connectivity index (χ2v) is 6.86. The molecule has 1 amide bonds. The first-order valence-electron chi connectivity index (χ1n) is 8.82. The first-order valence-corrected chi connectivity index (χ1v) is 9.81. The van der Waals surface area contributed by atoms with Gasteiger partial charge in [0.2, 0.25) is 5.91 Å². The molecule has 0 radical (unpaired) electrons. The molecule has 3 aromatic rings. The molecule has 0 aliphatic rings. The summed E-state index contributed by atoms with van der Waals surface area (Å²) in [5, 5.41) is 9.03. The molecule has 1 heterocycles. The molecule has 0 N–H and O–H groups in total. The Morgan fingerprint density at radius 3 is 2.25 bits per heavy atom. The van der Waals surface area contributed by atoms with E-state index >= 15 is 0 Å². The van der Waals surface area contributed by atoms with Crippen LogP contribution in [-0.2, 0) is 22.7 Å². The largest absolute Gasteiger partial charge is 0.377 e. The lowest BCUT2D eigenvalue weighted by molar-refractivity contribution is -0.115. The summed E-state index contributed by atoms with van der Waals surface area (Å²) >= 11 is 1.35. The molecule has 0 aliphatic carbocycles. The van der Waals surface area contributed by atoms with E-state index in [0.717, 1.165) is 11.4 Å². The summed E-state index contributed by atoms with van der Waals surface area (Å²) in [6.45, 7) is 4.69. The second kappa shape index (κ2) is 9.87. The number of amides is 1. The molecule has 0 saturated carbocycles. The SMILES string of the molecule is C=CCn1c(COC)nnc1SCC(=O)N(c1ccccc1)c1ccccc1. The normalized spacial score (nSPS) is 10.6. The van der Waals surface area contributed by atoms with Gasteiger partial charge >= 0.3 is 0 Å². The van der Waals surface area contributed by atoms with Gasteiger partial charge in [0.1, 0.15) is 6.61 Å². The van der Waals surface area contributed by atoms with Crippen LogP contribution in [0.15, 0.2) is 78.5 Å². The average Bonchev–Trinajstić information content (AvgIpc) is 3.10. The van der Waals surface area contributed by atoms with Gasteiger partial charge in [0, 0.05) is 25.0 Å². The molecule has 6 nitrogen and oxygen atoms in total. The minimum absolute atomic E-state index is 0.0381. The zero-order chi connectivity index (χ0) is 19.8. The minimum Gasteiger partial charge on any atom is -0.377 e. The van der Waals surface area contributed by atoms with Gasteiger partial charge in [-0.3, -0.25) is 9.69 Å². The highest BCUT2D eigenvalue weighted by Gasteiger charge is 2.20. The van der Waals surface area contributed by atoms with Crippen LogP contribution in [0.2, 0.25) is 0 Å². The molecule has 0 fully saturated rings. The van der Waals surface area contributed by atoms with E-state index < -0.39 is 0 Å². The molecule has 0 unspecified atom stereocenters. The van der Waals surface area contributed by atoms with E-state index in [-0.39, 0.29) is 11.7 Å². The van der Waals surface area contributed by atoms with E-state index in [0.29, 0.717) is 24.1 Å². The Balaban J connectivity index is 1.81. The topological polar surface area (TPSA) is 60.2 Å². The zero-order valence-electron chi connectivity index (χ0n) is 15.7. The molecule has 0 spiro atoms. The zero-order valence-corrected chi connectivity index (χ0v) is 16.5. The number of para-hydroxylation sites is 2. The number of hydrogen-bond donors (Lipinski definition) is 0. The first kappa shape index (κ1) is 19.9. The van der Waals surface area contributed by atoms with Gasteiger partial charge in [0.05, 0.1) is 5.75 Å². The summed E-state index contributed by atoms with van der Waals surface area (Å²) in [5.41, 5.74) is 1.65. The van der Waals surface area contributed by atoms with Crippen LogP contribution in [0.5, 0.6) is 0 Å². The van der Waals surface area contributed by atoms with Gasteiger partial charge in [0.15, 0.2) is 11.0 Å². The monoisotopic (exact) mass is 394 g/mol. The number of allylic oxidation sites excluding steroid dienone is 1. The Bertz CT molecular complexity index is 873. The average molecular weight is 395 g/mol. The molecule has 0 atom stereocenters. The van der Waals surface area contributed by atoms with Crippen molar-refractivity contribution >= 4 is 29.0 Å². The van der Waals surface area contributed by atoms with E-state index in [4.69, 9.17) is 4.74 Å². The summed E-state index contributed by atoms with van der Waals surface area (Å²) in [6, 6.07) is 19.2. The number of rotatable bonds is 9. The summed E-state index contributed by atoms with van der Waals surface area (Å²) in [7, 11) is 1.61. The van der Waals surface area contributed by atoms with Crippen molar-refractivity contribution < 1.29 is 9.53 Å². The molecule has 0 aliphatic heterocycles. The molecular weight excluding hydrogens is 372 g/mol. The second-order valence-electron chi connectivity index (χ2n) is 5.92. The summed E-state index contributed by atoms with van der Waals surface area (Å²) in [5.74, 6) is 0.899. The number of methoxy groups -OCH3 is 1. The molecule has 144 valence electrons. The van der Waals surface area contributed by atoms with Gasteiger partial charge in [-0.2, -0.15) is 0 Å². The molecule has 28 heavy (non-hydrogen) atoms. The predicted molar refractivity (Wildman–Crippen MR) is 112 cm³/mol. The number of hydrogen-bond acceptors (Lipinski definition) is 5. The van der Waals surface area contributed by atoms with E-state index in [1.807, 2.05) is 65.2 Å². The van der Waals surface area contributed by atoms with E-state index in [1.165, 1.54) is 11.8 Å². The van der Waals surface area contributed by atoms with Crippen LogP contribution in [0, 0.1) is 0 Å². The fourth-order valence-corrected chi connectivity index (χ4v) is 3.57. The quantitative estimate of drug-likeness (QED) is 0.404. The van der Waals surface area contributed by atoms with Crippen LogP contribution >= 0.6 is 11.8 Å². The van der Waals surface area contributed by atoms with Crippen molar-refractivity contribution in [2.24, 2.45) is 0 Å². The van der Waals surface area contributed by atoms with Crippen molar-refractivity contribution in [1.82, 2.24) is 14.8 Å². The first-order chi connectivity index (χ1) is 13.7. The van der Waals surface area contributed by atoms with Crippen molar-refractivity contribution in [3.8, 4) is 0 Å². The van der Waals surface area contributed by atoms with Crippen LogP contribution in [0.1, 0.15) is 5.82 Å². The van der Waals surface area contributed by atoms with E-state index in [1.54, 1.807) is 18.1 Å². The lowest BCUT2D eigenvalue weighted by Crippen LogP contribution is -2.27. The summed E-state index contributed by atoms with van der Waals surface area (Å²) in [6.07, 6.45) is 1.77. The van der Waals surface area contributed by atoms with Crippen LogP contribution in [0.4, 0.5) is 11.4 Å². The lowest BCUT2D eigenvalue weighted by atomic mass is 10.2. The predicted octanol–water partition coefficient (Wildman–Crippen LogP) is 4.07. The molecular formula is C21H22N4O2S. The third-order valence-corrected chi connectivity index (χ3v) is 4.93. The number of carbonyl (C=O) groups excluding carboxylic acids is 1. The molecule has 3 rings (SSSR count). The Morgan fingerprint density at radius 1 is 1.11 bits per heavy atom. The molecule has 7 heteroatoms. The van der Waals surface area contributed by atoms with Crippen molar-refractivity contribution in [2.45, 2.75) is 18.3 Å². The van der Waals surface area contributed by atoms with Crippen LogP contribution in [-0.4, -0.2) is 33.5 Å². The Morgan fingerprint density at radius 2 is 1.71 bits per heavy atom. The highest BCUT2D eigenvalue weighted by atomic mass is 32.2. The number of ether oxygens (including phenoxy) is 1. The van der Waals surface area contributed by atoms with Crippen LogP contribution in [0.3, 0.4) is 0 Å². The molecule has 2 aromatic carbocycles. The van der Waals surface area contributed by atoms with Gasteiger partial charge in [-0.25, -0.2) is 0 Å². The Hall–Kier alpha value is -2.90. The number of carbonyl (C=O) groups is 1. The fourth-order valence-electron chi connectivity index (χ4n) is 2.76. The van der Waals surface area contributed by atoms with E-state index in [2.05, 4.69) is 16.8 Å². The minimum atomic E-state index is -0.0381. The molecule has 0 bridgehead atoms. The van der Waals surface area contributed by atoms with Gasteiger partial charge in [-0.15, -0.1) is 16.8 Å². The van der Waals surface area contributed by atoms with Crippen molar-refractivity contribution in [1.29, 1.82) is 0 Å². The third-order valence-electron chi connectivity index (χ3n) is 3.98. The highest BCUT2D eigenvalue weighted by Crippen LogP contribution is 2.27. The maximum Gasteiger partial charge on any atom is 0.242 e. The molecule has 1 aromatic heterocycles. The Kier molecular flexibility index (Phi) is 7.00. The number of anilines is 2. The Labute approximate surface area is 168 Å². The highest BCUT2D eigenvalue weighted by molar-refractivity contribution is 7.99. The van der Waals surface area contributed by atoms with Crippen LogP contribution < -0.4 is 4.90 Å². The summed E-state index contributed by atoms with van der Waals surface area (Å²) in [4.78, 5) is 14.8. The van der Waals surface area contributed by atoms with Gasteiger partial charge in [-0.05, 0) is 24.3 Å². The maximum absolute atomic E-state index is 13.1. The number of aromatic nitrogens is 3. The van der Waals surface area contributed by atoms with Crippen molar-refractivity contribution in [3.05, 3.63) is 79.1 Å². The van der Waals surface area contributed by atoms with Crippen LogP contribution in [0.25, 0.3) is 0 Å². The van der Waals surface area contributed by atoms with Gasteiger partial charge in [0.25, 0.3) is 0 Å². The smallest absolute Gasteiger partial charge is 0.242 e. The van der Waals surface area contributed by atoms with Gasteiger partial charge < -0.3 is 9.30 Å². The molecule has 0 saturated heterocycles. The number of nitrogens with zero attached hydrogens (tertiary/aromatic N) is 4. The number of benzene rings is 2. The lowest BCUT2D eigenvalue weighted by Gasteiger charge is -2.23. The van der Waals surface area contributed by atoms with E-state index in [9.17, 15) is 4.79 Å². The van der Waals surface area contributed by atoms with Crippen molar-refractivity contribution in [2.75, 3.05) is 17.8 Å². The van der Waals surface area contributed by atoms with Gasteiger partial charge in [-0.1, -0.05) is 54.2 Å². The maximum atomic E-state index is 13.1.